The Kier molecular flexibility index (Phi) is 11.4. The third kappa shape index (κ3) is 9.09. The maximum Gasteiger partial charge on any atom is 0.411 e. The molecule has 0 saturated carbocycles. The number of fused-ring (bicyclic) bond motifs is 1. The Morgan fingerprint density at radius 3 is 2.46 bits per heavy atom. The van der Waals surface area contributed by atoms with Crippen LogP contribution in [0.5, 0.6) is 11.5 Å². The lowest BCUT2D eigenvalue weighted by molar-refractivity contribution is 0.0462. The second-order valence-corrected chi connectivity index (χ2v) is 12.8. The van der Waals surface area contributed by atoms with Crippen LogP contribution in [0.15, 0.2) is 108 Å². The van der Waals surface area contributed by atoms with Crippen molar-refractivity contribution in [2.75, 3.05) is 38.0 Å². The number of aromatic hydroxyl groups is 1. The van der Waals surface area contributed by atoms with Crippen molar-refractivity contribution in [2.24, 2.45) is 0 Å². The van der Waals surface area contributed by atoms with Gasteiger partial charge >= 0.3 is 6.09 Å². The summed E-state index contributed by atoms with van der Waals surface area (Å²) in [5.41, 5.74) is 4.52. The summed E-state index contributed by atoms with van der Waals surface area (Å²) in [6.07, 6.45) is 0.958. The fourth-order valence-electron chi connectivity index (χ4n) is 6.46. The molecule has 1 saturated heterocycles. The predicted octanol–water partition coefficient (Wildman–Crippen LogP) is 6.25. The summed E-state index contributed by atoms with van der Waals surface area (Å²) in [7, 11) is 0. The quantitative estimate of drug-likeness (QED) is 0.0925. The smallest absolute Gasteiger partial charge is 0.411 e. The van der Waals surface area contributed by atoms with Gasteiger partial charge in [-0.2, -0.15) is 0 Å². The highest BCUT2D eigenvalue weighted by atomic mass is 16.6. The number of aromatic nitrogens is 1. The van der Waals surface area contributed by atoms with Gasteiger partial charge in [0, 0.05) is 43.2 Å². The van der Waals surface area contributed by atoms with Crippen molar-refractivity contribution in [3.63, 3.8) is 0 Å². The molecule has 0 bridgehead atoms. The number of hydrogen-bond acceptors (Lipinski definition) is 8. The number of anilines is 1. The Balaban J connectivity index is 0.887. The second kappa shape index (κ2) is 16.5. The Hall–Kier alpha value is -5.16. The minimum Gasteiger partial charge on any atom is -0.506 e. The number of amides is 1. The maximum absolute atomic E-state index is 12.8. The van der Waals surface area contributed by atoms with Crippen LogP contribution in [0.2, 0.25) is 0 Å². The van der Waals surface area contributed by atoms with Crippen LogP contribution >= 0.6 is 0 Å². The number of rotatable bonds is 13. The normalized spacial score (nSPS) is 15.0. The molecule has 50 heavy (non-hydrogen) atoms. The molecule has 1 aliphatic rings. The van der Waals surface area contributed by atoms with E-state index in [1.165, 1.54) is 12.1 Å². The molecular formula is C40H44N4O6. The van der Waals surface area contributed by atoms with Gasteiger partial charge in [0.15, 0.2) is 0 Å². The lowest BCUT2D eigenvalue weighted by Gasteiger charge is -2.33. The number of hydrogen-bond donors (Lipinski definition) is 5. The van der Waals surface area contributed by atoms with Gasteiger partial charge in [-0.1, -0.05) is 66.7 Å². The highest BCUT2D eigenvalue weighted by molar-refractivity contribution is 5.91. The van der Waals surface area contributed by atoms with Gasteiger partial charge in [-0.05, 0) is 79.8 Å². The zero-order valence-electron chi connectivity index (χ0n) is 28.2. The number of para-hydroxylation sites is 1. The summed E-state index contributed by atoms with van der Waals surface area (Å²) < 4.78 is 12.0. The highest BCUT2D eigenvalue weighted by Gasteiger charge is 2.24. The van der Waals surface area contributed by atoms with E-state index in [4.69, 9.17) is 9.47 Å². The van der Waals surface area contributed by atoms with Crippen molar-refractivity contribution in [2.45, 2.75) is 44.5 Å². The first-order valence-corrected chi connectivity index (χ1v) is 17.2. The number of H-pyrrole nitrogens is 1. The summed E-state index contributed by atoms with van der Waals surface area (Å²) in [5.74, 6) is 0.784. The molecule has 5 N–H and O–H groups in total. The van der Waals surface area contributed by atoms with Crippen molar-refractivity contribution in [3.05, 3.63) is 125 Å². The number of piperidine rings is 1. The number of benzene rings is 4. The van der Waals surface area contributed by atoms with E-state index in [1.54, 1.807) is 12.1 Å². The zero-order chi connectivity index (χ0) is 34.9. The molecule has 260 valence electrons. The van der Waals surface area contributed by atoms with E-state index in [0.717, 1.165) is 67.0 Å². The molecule has 2 heterocycles. The summed E-state index contributed by atoms with van der Waals surface area (Å²) >= 11 is 0. The van der Waals surface area contributed by atoms with Gasteiger partial charge < -0.3 is 30.0 Å². The van der Waals surface area contributed by atoms with Crippen LogP contribution in [0.3, 0.4) is 0 Å². The number of nitrogens with zero attached hydrogens (tertiary/aromatic N) is 1. The van der Waals surface area contributed by atoms with Crippen molar-refractivity contribution in [1.82, 2.24) is 15.2 Å². The van der Waals surface area contributed by atoms with Crippen LogP contribution < -0.4 is 20.9 Å². The standard InChI is InChI=1S/C40H44N4O6/c1-27(26-44-23-20-31(21-24-44)50-40(48)42-35-10-6-5-9-32(35)29-7-3-2-4-8-29)49-30-13-11-28(12-14-30)19-22-41-25-37(46)33-15-17-36(45)39-34(33)16-18-38(47)43-39/h2-18,27,31,37,41,45-46H,19-26H2,1H3,(H,42,48)(H,43,47)/t27?,37-/m0/s1. The summed E-state index contributed by atoms with van der Waals surface area (Å²) in [4.78, 5) is 29.4. The van der Waals surface area contributed by atoms with Gasteiger partial charge in [-0.3, -0.25) is 15.0 Å². The number of aliphatic hydroxyl groups excluding tert-OH is 1. The van der Waals surface area contributed by atoms with Crippen LogP contribution in [0.1, 0.15) is 37.0 Å². The largest absolute Gasteiger partial charge is 0.506 e. The molecule has 1 aromatic heterocycles. The van der Waals surface area contributed by atoms with Gasteiger partial charge in [0.1, 0.15) is 23.7 Å². The highest BCUT2D eigenvalue weighted by Crippen LogP contribution is 2.29. The number of phenolic OH excluding ortho intramolecular Hbond substituents is 1. The van der Waals surface area contributed by atoms with E-state index in [-0.39, 0.29) is 23.5 Å². The van der Waals surface area contributed by atoms with Crippen molar-refractivity contribution in [1.29, 1.82) is 0 Å². The van der Waals surface area contributed by atoms with Crippen molar-refractivity contribution >= 4 is 22.7 Å². The van der Waals surface area contributed by atoms with E-state index >= 15 is 0 Å². The maximum atomic E-state index is 12.8. The fourth-order valence-corrected chi connectivity index (χ4v) is 6.46. The minimum atomic E-state index is -0.799. The molecule has 1 aliphatic heterocycles. The lowest BCUT2D eigenvalue weighted by atomic mass is 10.0. The second-order valence-electron chi connectivity index (χ2n) is 12.8. The molecule has 1 amide bonds. The number of ether oxygens (including phenoxy) is 2. The lowest BCUT2D eigenvalue weighted by Crippen LogP contribution is -2.42. The van der Waals surface area contributed by atoms with E-state index in [1.807, 2.05) is 66.7 Å². The monoisotopic (exact) mass is 676 g/mol. The van der Waals surface area contributed by atoms with Gasteiger partial charge in [0.2, 0.25) is 5.56 Å². The third-order valence-corrected chi connectivity index (χ3v) is 9.03. The number of carbonyl (C=O) groups excluding carboxylic acids is 1. The molecule has 1 fully saturated rings. The number of aliphatic hydroxyl groups is 1. The Bertz CT molecular complexity index is 1920. The van der Waals surface area contributed by atoms with Crippen LogP contribution in [0, 0.1) is 0 Å². The molecule has 4 aromatic carbocycles. The molecule has 0 aliphatic carbocycles. The number of carbonyl (C=O) groups is 1. The summed E-state index contributed by atoms with van der Waals surface area (Å²) in [6.45, 7) is 5.51. The number of likely N-dealkylation sites (tertiary alicyclic amines) is 1. The first-order valence-electron chi connectivity index (χ1n) is 17.2. The third-order valence-electron chi connectivity index (χ3n) is 9.03. The Morgan fingerprint density at radius 2 is 1.68 bits per heavy atom. The van der Waals surface area contributed by atoms with E-state index in [2.05, 4.69) is 39.6 Å². The van der Waals surface area contributed by atoms with E-state index in [9.17, 15) is 19.8 Å². The van der Waals surface area contributed by atoms with E-state index < -0.39 is 12.2 Å². The Morgan fingerprint density at radius 1 is 0.940 bits per heavy atom. The Labute approximate surface area is 291 Å². The molecular weight excluding hydrogens is 632 g/mol. The average molecular weight is 677 g/mol. The van der Waals surface area contributed by atoms with Crippen LogP contribution in [-0.4, -0.2) is 71.1 Å². The van der Waals surface area contributed by atoms with Gasteiger partial charge in [-0.15, -0.1) is 0 Å². The zero-order valence-corrected chi connectivity index (χ0v) is 28.2. The number of pyridine rings is 1. The van der Waals surface area contributed by atoms with Gasteiger partial charge in [-0.25, -0.2) is 4.79 Å². The van der Waals surface area contributed by atoms with Crippen molar-refractivity contribution < 1.29 is 24.5 Å². The fraction of sp³-hybridized carbons (Fsp3) is 0.300. The molecule has 5 aromatic rings. The first kappa shape index (κ1) is 34.7. The first-order chi connectivity index (χ1) is 24.3. The van der Waals surface area contributed by atoms with Crippen LogP contribution in [0.25, 0.3) is 22.0 Å². The predicted molar refractivity (Wildman–Crippen MR) is 196 cm³/mol. The van der Waals surface area contributed by atoms with Crippen molar-refractivity contribution in [3.8, 4) is 22.6 Å². The van der Waals surface area contributed by atoms with Crippen LogP contribution in [-0.2, 0) is 11.2 Å². The average Bonchev–Trinajstić information content (AvgIpc) is 3.12. The SMILES string of the molecule is CC(CN1CCC(OC(=O)Nc2ccccc2-c2ccccc2)CC1)Oc1ccc(CCNC[C@H](O)c2ccc(O)c3[nH]c(=O)ccc23)cc1. The number of nitrogens with one attached hydrogen (secondary N) is 3. The summed E-state index contributed by atoms with van der Waals surface area (Å²) in [6, 6.07) is 31.9. The summed E-state index contributed by atoms with van der Waals surface area (Å²) in [5, 5.41) is 27.7. The number of phenols is 1. The molecule has 10 nitrogen and oxygen atoms in total. The van der Waals surface area contributed by atoms with Gasteiger partial charge in [0.05, 0.1) is 17.3 Å². The molecule has 0 radical (unpaired) electrons. The number of aromatic amines is 1. The topological polar surface area (TPSA) is 136 Å². The van der Waals surface area contributed by atoms with Crippen LogP contribution in [0.4, 0.5) is 10.5 Å². The molecule has 1 unspecified atom stereocenters. The van der Waals surface area contributed by atoms with E-state index in [0.29, 0.717) is 29.6 Å². The molecule has 0 spiro atoms. The molecule has 6 rings (SSSR count). The van der Waals surface area contributed by atoms with Gasteiger partial charge in [0.25, 0.3) is 0 Å². The molecule has 10 heteroatoms. The molecule has 2 atom stereocenters. The minimum absolute atomic E-state index is 0.00642.